The molecule has 0 radical (unpaired) electrons. The Hall–Kier alpha value is -3.08. The molecule has 0 unspecified atom stereocenters. The summed E-state index contributed by atoms with van der Waals surface area (Å²) in [5.41, 5.74) is 1.12. The second-order valence-electron chi connectivity index (χ2n) is 4.17. The van der Waals surface area contributed by atoms with Crippen LogP contribution in [0.1, 0.15) is 10.5 Å². The number of carbonyl (C=O) groups is 1. The zero-order valence-electron chi connectivity index (χ0n) is 12.4. The molecule has 0 fully saturated rings. The summed E-state index contributed by atoms with van der Waals surface area (Å²) in [5, 5.41) is 16.4. The minimum atomic E-state index is -0.0349. The lowest BCUT2D eigenvalue weighted by molar-refractivity contribution is 0.111. The number of methoxy groups -OCH3 is 3. The molecule has 0 atom stereocenters. The summed E-state index contributed by atoms with van der Waals surface area (Å²) < 4.78 is 17.2. The molecule has 0 aliphatic heterocycles. The average molecular weight is 302 g/mol. The normalized spacial score (nSPS) is 9.91. The molecule has 8 heteroatoms. The lowest BCUT2D eigenvalue weighted by Gasteiger charge is -2.14. The number of carbonyl (C=O) groups excluding carboxylic acids is 1. The van der Waals surface area contributed by atoms with Crippen molar-refractivity contribution in [2.75, 3.05) is 21.3 Å². The quantitative estimate of drug-likeness (QED) is 0.741. The SMILES string of the molecule is COc1cc(-c2c(C=O)nnn2CC#N)cc(OC)c1OC. The van der Waals surface area contributed by atoms with Crippen molar-refractivity contribution in [2.45, 2.75) is 6.54 Å². The van der Waals surface area contributed by atoms with E-state index in [2.05, 4.69) is 10.3 Å². The Bertz CT molecular complexity index is 708. The molecule has 0 bridgehead atoms. The molecule has 8 nitrogen and oxygen atoms in total. The first-order chi connectivity index (χ1) is 10.7. The number of rotatable bonds is 6. The van der Waals surface area contributed by atoms with E-state index in [4.69, 9.17) is 19.5 Å². The Balaban J connectivity index is 2.70. The van der Waals surface area contributed by atoms with E-state index in [0.29, 0.717) is 34.8 Å². The average Bonchev–Trinajstić information content (AvgIpc) is 2.96. The first kappa shape index (κ1) is 15.3. The summed E-state index contributed by atoms with van der Waals surface area (Å²) in [7, 11) is 4.48. The van der Waals surface area contributed by atoms with Crippen LogP contribution in [0.4, 0.5) is 0 Å². The molecule has 0 amide bonds. The fourth-order valence-electron chi connectivity index (χ4n) is 2.10. The number of nitrogens with zero attached hydrogens (tertiary/aromatic N) is 4. The van der Waals surface area contributed by atoms with E-state index in [1.165, 1.54) is 26.0 Å². The molecule has 0 N–H and O–H groups in total. The van der Waals surface area contributed by atoms with E-state index in [9.17, 15) is 4.79 Å². The van der Waals surface area contributed by atoms with Crippen molar-refractivity contribution in [1.29, 1.82) is 5.26 Å². The van der Waals surface area contributed by atoms with Gasteiger partial charge in [0.1, 0.15) is 12.2 Å². The van der Waals surface area contributed by atoms with Crippen molar-refractivity contribution in [1.82, 2.24) is 15.0 Å². The number of hydrogen-bond acceptors (Lipinski definition) is 7. The predicted octanol–water partition coefficient (Wildman–Crippen LogP) is 1.31. The summed E-state index contributed by atoms with van der Waals surface area (Å²) >= 11 is 0. The smallest absolute Gasteiger partial charge is 0.203 e. The van der Waals surface area contributed by atoms with Crippen LogP contribution in [0.15, 0.2) is 12.1 Å². The van der Waals surface area contributed by atoms with E-state index >= 15 is 0 Å². The monoisotopic (exact) mass is 302 g/mol. The molecule has 1 aromatic heterocycles. The van der Waals surface area contributed by atoms with Gasteiger partial charge in [0.15, 0.2) is 23.5 Å². The largest absolute Gasteiger partial charge is 0.493 e. The van der Waals surface area contributed by atoms with Gasteiger partial charge in [-0.3, -0.25) is 4.79 Å². The minimum absolute atomic E-state index is 0.0349. The molecule has 2 rings (SSSR count). The fraction of sp³-hybridized carbons (Fsp3) is 0.286. The molecule has 0 aliphatic rings. The zero-order valence-corrected chi connectivity index (χ0v) is 12.4. The molecular weight excluding hydrogens is 288 g/mol. The van der Waals surface area contributed by atoms with Crippen LogP contribution in [-0.4, -0.2) is 42.6 Å². The van der Waals surface area contributed by atoms with E-state index in [1.54, 1.807) is 12.1 Å². The van der Waals surface area contributed by atoms with Crippen molar-refractivity contribution in [3.8, 4) is 34.6 Å². The van der Waals surface area contributed by atoms with Gasteiger partial charge in [-0.05, 0) is 12.1 Å². The van der Waals surface area contributed by atoms with Crippen LogP contribution in [-0.2, 0) is 6.54 Å². The van der Waals surface area contributed by atoms with E-state index in [1.807, 2.05) is 6.07 Å². The third kappa shape index (κ3) is 2.56. The van der Waals surface area contributed by atoms with Gasteiger partial charge in [0.05, 0.1) is 27.4 Å². The maximum Gasteiger partial charge on any atom is 0.203 e. The topological polar surface area (TPSA) is 99.3 Å². The number of aldehydes is 1. The lowest BCUT2D eigenvalue weighted by atomic mass is 10.1. The standard InChI is InChI=1S/C14H14N4O4/c1-20-11-6-9(7-12(21-2)14(11)22-3)13-10(8-19)16-17-18(13)5-4-15/h6-8H,5H2,1-3H3. The first-order valence-corrected chi connectivity index (χ1v) is 6.26. The van der Waals surface area contributed by atoms with E-state index in [-0.39, 0.29) is 12.2 Å². The van der Waals surface area contributed by atoms with E-state index < -0.39 is 0 Å². The van der Waals surface area contributed by atoms with Gasteiger partial charge < -0.3 is 14.2 Å². The van der Waals surface area contributed by atoms with Gasteiger partial charge in [0.25, 0.3) is 0 Å². The predicted molar refractivity (Wildman–Crippen MR) is 76.1 cm³/mol. The highest BCUT2D eigenvalue weighted by atomic mass is 16.5. The molecule has 0 aliphatic carbocycles. The van der Waals surface area contributed by atoms with Crippen molar-refractivity contribution in [3.05, 3.63) is 17.8 Å². The van der Waals surface area contributed by atoms with Gasteiger partial charge >= 0.3 is 0 Å². The van der Waals surface area contributed by atoms with Crippen LogP contribution < -0.4 is 14.2 Å². The summed E-state index contributed by atoms with van der Waals surface area (Å²) in [4.78, 5) is 11.2. The van der Waals surface area contributed by atoms with Gasteiger partial charge in [0.2, 0.25) is 5.75 Å². The van der Waals surface area contributed by atoms with Crippen LogP contribution in [0.5, 0.6) is 17.2 Å². The maximum absolute atomic E-state index is 11.2. The van der Waals surface area contributed by atoms with E-state index in [0.717, 1.165) is 0 Å². The number of ether oxygens (including phenoxy) is 3. The number of hydrogen-bond donors (Lipinski definition) is 0. The lowest BCUT2D eigenvalue weighted by Crippen LogP contribution is -2.02. The van der Waals surface area contributed by atoms with Gasteiger partial charge in [0, 0.05) is 5.56 Å². The van der Waals surface area contributed by atoms with Gasteiger partial charge in [-0.2, -0.15) is 5.26 Å². The van der Waals surface area contributed by atoms with Crippen LogP contribution in [0.2, 0.25) is 0 Å². The Morgan fingerprint density at radius 3 is 2.32 bits per heavy atom. The van der Waals surface area contributed by atoms with Crippen molar-refractivity contribution in [3.63, 3.8) is 0 Å². The third-order valence-electron chi connectivity index (χ3n) is 3.03. The highest BCUT2D eigenvalue weighted by Gasteiger charge is 2.20. The number of benzene rings is 1. The Kier molecular flexibility index (Phi) is 4.58. The van der Waals surface area contributed by atoms with Gasteiger partial charge in [-0.15, -0.1) is 5.10 Å². The molecule has 114 valence electrons. The zero-order chi connectivity index (χ0) is 16.1. The van der Waals surface area contributed by atoms with Crippen LogP contribution >= 0.6 is 0 Å². The molecule has 22 heavy (non-hydrogen) atoms. The van der Waals surface area contributed by atoms with Crippen molar-refractivity contribution in [2.24, 2.45) is 0 Å². The molecule has 1 aromatic carbocycles. The summed E-state index contributed by atoms with van der Waals surface area (Å²) in [5.74, 6) is 1.29. The molecule has 0 saturated heterocycles. The summed E-state index contributed by atoms with van der Waals surface area (Å²) in [6, 6.07) is 5.30. The maximum atomic E-state index is 11.2. The fourth-order valence-corrected chi connectivity index (χ4v) is 2.10. The first-order valence-electron chi connectivity index (χ1n) is 6.26. The van der Waals surface area contributed by atoms with Crippen LogP contribution in [0, 0.1) is 11.3 Å². The third-order valence-corrected chi connectivity index (χ3v) is 3.03. The van der Waals surface area contributed by atoms with Crippen LogP contribution in [0.3, 0.4) is 0 Å². The molecule has 1 heterocycles. The minimum Gasteiger partial charge on any atom is -0.493 e. The second kappa shape index (κ2) is 6.58. The van der Waals surface area contributed by atoms with Crippen LogP contribution in [0.25, 0.3) is 11.3 Å². The highest BCUT2D eigenvalue weighted by Crippen LogP contribution is 2.41. The Labute approximate surface area is 126 Å². The van der Waals surface area contributed by atoms with Gasteiger partial charge in [-0.25, -0.2) is 4.68 Å². The number of nitriles is 1. The Morgan fingerprint density at radius 2 is 1.86 bits per heavy atom. The molecular formula is C14H14N4O4. The molecule has 2 aromatic rings. The Morgan fingerprint density at radius 1 is 1.23 bits per heavy atom. The van der Waals surface area contributed by atoms with Crippen molar-refractivity contribution >= 4 is 6.29 Å². The number of aromatic nitrogens is 3. The molecule has 0 spiro atoms. The summed E-state index contributed by atoms with van der Waals surface area (Å²) in [6.45, 7) is -0.0349. The molecule has 0 saturated carbocycles. The highest BCUT2D eigenvalue weighted by molar-refractivity contribution is 5.84. The summed E-state index contributed by atoms with van der Waals surface area (Å²) in [6.07, 6.45) is 0.583. The second-order valence-corrected chi connectivity index (χ2v) is 4.17. The van der Waals surface area contributed by atoms with Crippen molar-refractivity contribution < 1.29 is 19.0 Å². The van der Waals surface area contributed by atoms with Gasteiger partial charge in [-0.1, -0.05) is 5.21 Å².